The van der Waals surface area contributed by atoms with Gasteiger partial charge in [0.1, 0.15) is 0 Å². The van der Waals surface area contributed by atoms with Crippen molar-refractivity contribution in [3.63, 3.8) is 0 Å². The maximum atomic E-state index is 12.5. The van der Waals surface area contributed by atoms with Crippen LogP contribution >= 0.6 is 11.3 Å². The zero-order valence-electron chi connectivity index (χ0n) is 16.9. The molecule has 0 radical (unpaired) electrons. The number of aromatic nitrogens is 3. The largest absolute Gasteiger partial charge is 0.381 e. The minimum absolute atomic E-state index is 0.0524. The van der Waals surface area contributed by atoms with E-state index in [9.17, 15) is 4.79 Å². The molecule has 29 heavy (non-hydrogen) atoms. The van der Waals surface area contributed by atoms with Crippen molar-refractivity contribution in [2.24, 2.45) is 0 Å². The van der Waals surface area contributed by atoms with Gasteiger partial charge in [-0.15, -0.1) is 11.3 Å². The van der Waals surface area contributed by atoms with Gasteiger partial charge in [-0.25, -0.2) is 9.67 Å². The number of hydrogen-bond acceptors (Lipinski definition) is 6. The summed E-state index contributed by atoms with van der Waals surface area (Å²) < 4.78 is 7.45. The summed E-state index contributed by atoms with van der Waals surface area (Å²) >= 11 is 1.45. The number of anilines is 1. The monoisotopic (exact) mass is 413 g/mol. The number of amides is 1. The first-order valence-electron chi connectivity index (χ1n) is 10.2. The molecule has 0 aromatic carbocycles. The summed E-state index contributed by atoms with van der Waals surface area (Å²) in [5.74, 6) is -0.0524. The summed E-state index contributed by atoms with van der Waals surface area (Å²) in [5, 5.41) is 14.3. The van der Waals surface area contributed by atoms with Crippen LogP contribution < -0.4 is 10.6 Å². The second kappa shape index (κ2) is 8.92. The highest BCUT2D eigenvalue weighted by Gasteiger charge is 2.22. The SMILES string of the molecule is CCc1nc2c(cnn2CC)c(NC2CCOCC2)c1CNC(=O)c1cccs1. The third-order valence-electron chi connectivity index (χ3n) is 5.35. The van der Waals surface area contributed by atoms with Gasteiger partial charge >= 0.3 is 0 Å². The van der Waals surface area contributed by atoms with Crippen LogP contribution in [0.3, 0.4) is 0 Å². The van der Waals surface area contributed by atoms with Gasteiger partial charge in [-0.05, 0) is 37.6 Å². The van der Waals surface area contributed by atoms with Gasteiger partial charge in [0.2, 0.25) is 0 Å². The van der Waals surface area contributed by atoms with Crippen molar-refractivity contribution >= 4 is 34.0 Å². The number of carbonyl (C=O) groups is 1. The molecule has 0 atom stereocenters. The van der Waals surface area contributed by atoms with E-state index < -0.39 is 0 Å². The molecule has 1 saturated heterocycles. The number of hydrogen-bond donors (Lipinski definition) is 2. The third kappa shape index (κ3) is 4.13. The van der Waals surface area contributed by atoms with Gasteiger partial charge in [-0.1, -0.05) is 13.0 Å². The minimum Gasteiger partial charge on any atom is -0.381 e. The second-order valence-electron chi connectivity index (χ2n) is 7.15. The van der Waals surface area contributed by atoms with Crippen molar-refractivity contribution in [1.82, 2.24) is 20.1 Å². The lowest BCUT2D eigenvalue weighted by molar-refractivity contribution is 0.0904. The predicted molar refractivity (Wildman–Crippen MR) is 116 cm³/mol. The van der Waals surface area contributed by atoms with E-state index in [1.807, 2.05) is 28.4 Å². The lowest BCUT2D eigenvalue weighted by Crippen LogP contribution is -2.30. The number of nitrogens with one attached hydrogen (secondary N) is 2. The van der Waals surface area contributed by atoms with E-state index in [-0.39, 0.29) is 5.91 Å². The molecule has 0 aliphatic carbocycles. The molecule has 0 saturated carbocycles. The number of nitrogens with zero attached hydrogens (tertiary/aromatic N) is 3. The number of rotatable bonds is 7. The number of pyridine rings is 1. The lowest BCUT2D eigenvalue weighted by atomic mass is 10.0. The second-order valence-corrected chi connectivity index (χ2v) is 8.10. The van der Waals surface area contributed by atoms with Crippen molar-refractivity contribution in [3.05, 3.63) is 39.8 Å². The first-order valence-corrected chi connectivity index (χ1v) is 11.1. The first-order chi connectivity index (χ1) is 14.2. The lowest BCUT2D eigenvalue weighted by Gasteiger charge is -2.26. The van der Waals surface area contributed by atoms with E-state index in [4.69, 9.17) is 9.72 Å². The number of carbonyl (C=O) groups excluding carboxylic acids is 1. The Labute approximate surface area is 174 Å². The van der Waals surface area contributed by atoms with Crippen molar-refractivity contribution in [3.8, 4) is 0 Å². The molecular formula is C21H27N5O2S. The molecule has 1 aliphatic rings. The van der Waals surface area contributed by atoms with Gasteiger partial charge in [-0.3, -0.25) is 4.79 Å². The molecule has 154 valence electrons. The van der Waals surface area contributed by atoms with Crippen LogP contribution in [0, 0.1) is 0 Å². The zero-order chi connectivity index (χ0) is 20.2. The summed E-state index contributed by atoms with van der Waals surface area (Å²) in [6.07, 6.45) is 4.61. The summed E-state index contributed by atoms with van der Waals surface area (Å²) in [6, 6.07) is 4.08. The molecule has 0 unspecified atom stereocenters. The molecule has 7 nitrogen and oxygen atoms in total. The van der Waals surface area contributed by atoms with Gasteiger partial charge < -0.3 is 15.4 Å². The van der Waals surface area contributed by atoms with E-state index >= 15 is 0 Å². The summed E-state index contributed by atoms with van der Waals surface area (Å²) in [4.78, 5) is 18.1. The van der Waals surface area contributed by atoms with E-state index in [0.29, 0.717) is 12.6 Å². The highest BCUT2D eigenvalue weighted by atomic mass is 32.1. The number of thiophene rings is 1. The van der Waals surface area contributed by atoms with Crippen LogP contribution in [0.4, 0.5) is 5.69 Å². The van der Waals surface area contributed by atoms with Crippen LogP contribution in [0.2, 0.25) is 0 Å². The maximum Gasteiger partial charge on any atom is 0.261 e. The van der Waals surface area contributed by atoms with E-state index in [0.717, 1.165) is 71.9 Å². The van der Waals surface area contributed by atoms with Crippen molar-refractivity contribution in [1.29, 1.82) is 0 Å². The fourth-order valence-corrected chi connectivity index (χ4v) is 4.40. The number of fused-ring (bicyclic) bond motifs is 1. The molecule has 0 spiro atoms. The van der Waals surface area contributed by atoms with Crippen LogP contribution in [0.1, 0.15) is 47.6 Å². The molecule has 2 N–H and O–H groups in total. The Morgan fingerprint density at radius 1 is 1.34 bits per heavy atom. The molecule has 0 bridgehead atoms. The molecule has 3 aromatic heterocycles. The highest BCUT2D eigenvalue weighted by molar-refractivity contribution is 7.12. The molecule has 1 fully saturated rings. The van der Waals surface area contributed by atoms with Gasteiger partial charge in [0.15, 0.2) is 5.65 Å². The Bertz CT molecular complexity index is 977. The van der Waals surface area contributed by atoms with Crippen LogP contribution in [0.15, 0.2) is 23.7 Å². The minimum atomic E-state index is -0.0524. The standard InChI is InChI=1S/C21H27N5O2S/c1-3-17-15(12-22-21(27)18-6-5-11-29-18)19(24-14-7-9-28-10-8-14)16-13-23-26(4-2)20(16)25-17/h5-6,11,13-14H,3-4,7-10,12H2,1-2H3,(H,22,27)(H,24,25). The average molecular weight is 414 g/mol. The Morgan fingerprint density at radius 2 is 2.17 bits per heavy atom. The summed E-state index contributed by atoms with van der Waals surface area (Å²) in [5.41, 5.74) is 3.98. The third-order valence-corrected chi connectivity index (χ3v) is 6.22. The molecular weight excluding hydrogens is 386 g/mol. The summed E-state index contributed by atoms with van der Waals surface area (Å²) in [6.45, 7) is 6.91. The fraction of sp³-hybridized carbons (Fsp3) is 0.476. The van der Waals surface area contributed by atoms with E-state index in [2.05, 4.69) is 29.6 Å². The molecule has 1 amide bonds. The smallest absolute Gasteiger partial charge is 0.261 e. The van der Waals surface area contributed by atoms with Crippen molar-refractivity contribution in [2.75, 3.05) is 18.5 Å². The molecule has 8 heteroatoms. The van der Waals surface area contributed by atoms with Crippen LogP contribution in [-0.4, -0.2) is 39.9 Å². The summed E-state index contributed by atoms with van der Waals surface area (Å²) in [7, 11) is 0. The van der Waals surface area contributed by atoms with Gasteiger partial charge in [-0.2, -0.15) is 5.10 Å². The predicted octanol–water partition coefficient (Wildman–Crippen LogP) is 3.60. The Hall–Kier alpha value is -2.45. The fourth-order valence-electron chi connectivity index (χ4n) is 3.76. The molecule has 1 aliphatic heterocycles. The van der Waals surface area contributed by atoms with Gasteiger partial charge in [0, 0.05) is 43.6 Å². The molecule has 3 aromatic rings. The topological polar surface area (TPSA) is 81.1 Å². The Morgan fingerprint density at radius 3 is 2.86 bits per heavy atom. The van der Waals surface area contributed by atoms with Gasteiger partial charge in [0.05, 0.1) is 22.1 Å². The quantitative estimate of drug-likeness (QED) is 0.619. The van der Waals surface area contributed by atoms with Crippen LogP contribution in [0.25, 0.3) is 11.0 Å². The van der Waals surface area contributed by atoms with Gasteiger partial charge in [0.25, 0.3) is 5.91 Å². The molecule has 4 heterocycles. The normalized spacial score (nSPS) is 15.0. The number of aryl methyl sites for hydroxylation is 2. The Kier molecular flexibility index (Phi) is 6.10. The van der Waals surface area contributed by atoms with Crippen molar-refractivity contribution in [2.45, 2.75) is 52.2 Å². The van der Waals surface area contributed by atoms with Crippen LogP contribution in [0.5, 0.6) is 0 Å². The number of ether oxygens (including phenoxy) is 1. The van der Waals surface area contributed by atoms with Crippen molar-refractivity contribution < 1.29 is 9.53 Å². The van der Waals surface area contributed by atoms with E-state index in [1.165, 1.54) is 11.3 Å². The zero-order valence-corrected chi connectivity index (χ0v) is 17.7. The highest BCUT2D eigenvalue weighted by Crippen LogP contribution is 2.31. The van der Waals surface area contributed by atoms with Crippen LogP contribution in [-0.2, 0) is 24.2 Å². The average Bonchev–Trinajstić information content (AvgIpc) is 3.43. The van der Waals surface area contributed by atoms with E-state index in [1.54, 1.807) is 0 Å². The first kappa shape index (κ1) is 19.8. The molecule has 4 rings (SSSR count). The maximum absolute atomic E-state index is 12.5. The Balaban J connectivity index is 1.71.